The van der Waals surface area contributed by atoms with Crippen molar-refractivity contribution in [1.82, 2.24) is 9.78 Å². The number of rotatable bonds is 4. The normalized spacial score (nSPS) is 10.5. The lowest BCUT2D eigenvalue weighted by molar-refractivity contribution is 0.756. The van der Waals surface area contributed by atoms with Gasteiger partial charge in [0.1, 0.15) is 0 Å². The second-order valence-corrected chi connectivity index (χ2v) is 4.26. The van der Waals surface area contributed by atoms with Gasteiger partial charge in [-0.25, -0.2) is 0 Å². The summed E-state index contributed by atoms with van der Waals surface area (Å²) in [6.07, 6.45) is 2.10. The van der Waals surface area contributed by atoms with Crippen LogP contribution < -0.4 is 4.90 Å². The Morgan fingerprint density at radius 2 is 1.94 bits per heavy atom. The van der Waals surface area contributed by atoms with Crippen LogP contribution in [0.2, 0.25) is 0 Å². The summed E-state index contributed by atoms with van der Waals surface area (Å²) < 4.78 is 1.88. The highest BCUT2D eigenvalue weighted by atomic mass is 15.3. The van der Waals surface area contributed by atoms with Crippen molar-refractivity contribution in [2.75, 3.05) is 11.4 Å². The first-order valence-electron chi connectivity index (χ1n) is 6.00. The summed E-state index contributed by atoms with van der Waals surface area (Å²) >= 11 is 0. The molecule has 3 nitrogen and oxygen atoms in total. The molecule has 0 radical (unpaired) electrons. The first kappa shape index (κ1) is 11.7. The molecular weight excluding hydrogens is 210 g/mol. The van der Waals surface area contributed by atoms with Gasteiger partial charge >= 0.3 is 0 Å². The molecule has 1 aromatic carbocycles. The quantitative estimate of drug-likeness (QED) is 0.803. The highest BCUT2D eigenvalue weighted by Crippen LogP contribution is 2.17. The zero-order valence-electron chi connectivity index (χ0n) is 10.7. The number of hydrogen-bond acceptors (Lipinski definition) is 2. The van der Waals surface area contributed by atoms with E-state index in [2.05, 4.69) is 54.3 Å². The van der Waals surface area contributed by atoms with Gasteiger partial charge in [-0.2, -0.15) is 5.10 Å². The predicted octanol–water partition coefficient (Wildman–Crippen LogP) is 2.76. The smallest absolute Gasteiger partial charge is 0.0643 e. The number of aromatic nitrogens is 2. The fraction of sp³-hybridized carbons (Fsp3) is 0.357. The van der Waals surface area contributed by atoms with Crippen LogP contribution in [0.5, 0.6) is 0 Å². The number of aryl methyl sites for hydroxylation is 2. The van der Waals surface area contributed by atoms with Crippen LogP contribution in [0.1, 0.15) is 18.2 Å². The first-order valence-corrected chi connectivity index (χ1v) is 6.00. The van der Waals surface area contributed by atoms with Crippen LogP contribution in [0.15, 0.2) is 36.5 Å². The lowest BCUT2D eigenvalue weighted by Gasteiger charge is -2.22. The molecule has 17 heavy (non-hydrogen) atoms. The third kappa shape index (κ3) is 2.67. The van der Waals surface area contributed by atoms with Crippen LogP contribution in [-0.2, 0) is 13.6 Å². The Hall–Kier alpha value is -1.77. The molecule has 0 saturated carbocycles. The lowest BCUT2D eigenvalue weighted by Crippen LogP contribution is -2.22. The summed E-state index contributed by atoms with van der Waals surface area (Å²) in [5.41, 5.74) is 3.67. The van der Waals surface area contributed by atoms with E-state index in [9.17, 15) is 0 Å². The molecule has 90 valence electrons. The van der Waals surface area contributed by atoms with Crippen molar-refractivity contribution < 1.29 is 0 Å². The summed E-state index contributed by atoms with van der Waals surface area (Å²) in [5, 5.41) is 4.38. The highest BCUT2D eigenvalue weighted by Gasteiger charge is 2.08. The maximum Gasteiger partial charge on any atom is 0.0643 e. The summed E-state index contributed by atoms with van der Waals surface area (Å²) in [5.74, 6) is 0. The maximum atomic E-state index is 4.38. The van der Waals surface area contributed by atoms with Gasteiger partial charge in [0.25, 0.3) is 0 Å². The van der Waals surface area contributed by atoms with Crippen molar-refractivity contribution in [1.29, 1.82) is 0 Å². The van der Waals surface area contributed by atoms with Gasteiger partial charge < -0.3 is 4.90 Å². The summed E-state index contributed by atoms with van der Waals surface area (Å²) in [4.78, 5) is 2.35. The fourth-order valence-electron chi connectivity index (χ4n) is 2.03. The third-order valence-electron chi connectivity index (χ3n) is 2.98. The molecule has 1 aromatic heterocycles. The fourth-order valence-corrected chi connectivity index (χ4v) is 2.03. The SMILES string of the molecule is CCN(Cc1cn(C)nc1C)c1ccccc1. The minimum absolute atomic E-state index is 0.917. The number of nitrogens with zero attached hydrogens (tertiary/aromatic N) is 3. The van der Waals surface area contributed by atoms with E-state index in [4.69, 9.17) is 0 Å². The first-order chi connectivity index (χ1) is 8.20. The largest absolute Gasteiger partial charge is 0.367 e. The van der Waals surface area contributed by atoms with Gasteiger partial charge in [-0.05, 0) is 26.0 Å². The van der Waals surface area contributed by atoms with Gasteiger partial charge in [-0.15, -0.1) is 0 Å². The molecule has 0 atom stereocenters. The van der Waals surface area contributed by atoms with Gasteiger partial charge in [0.05, 0.1) is 5.69 Å². The van der Waals surface area contributed by atoms with Crippen molar-refractivity contribution in [3.8, 4) is 0 Å². The molecule has 1 heterocycles. The Morgan fingerprint density at radius 3 is 2.47 bits per heavy atom. The molecule has 0 saturated heterocycles. The Kier molecular flexibility index (Phi) is 3.47. The van der Waals surface area contributed by atoms with E-state index in [0.29, 0.717) is 0 Å². The molecule has 0 unspecified atom stereocenters. The van der Waals surface area contributed by atoms with Crippen LogP contribution in [0.25, 0.3) is 0 Å². The second-order valence-electron chi connectivity index (χ2n) is 4.26. The Morgan fingerprint density at radius 1 is 1.24 bits per heavy atom. The van der Waals surface area contributed by atoms with Crippen LogP contribution in [0.3, 0.4) is 0 Å². The van der Waals surface area contributed by atoms with E-state index in [1.165, 1.54) is 11.3 Å². The summed E-state index contributed by atoms with van der Waals surface area (Å²) in [6, 6.07) is 10.5. The molecule has 2 aromatic rings. The summed E-state index contributed by atoms with van der Waals surface area (Å²) in [6.45, 7) is 6.16. The monoisotopic (exact) mass is 229 g/mol. The molecule has 0 spiro atoms. The molecule has 0 aliphatic carbocycles. The van der Waals surface area contributed by atoms with Crippen LogP contribution >= 0.6 is 0 Å². The van der Waals surface area contributed by atoms with Gasteiger partial charge in [0.15, 0.2) is 0 Å². The molecule has 0 N–H and O–H groups in total. The van der Waals surface area contributed by atoms with Crippen LogP contribution in [-0.4, -0.2) is 16.3 Å². The van der Waals surface area contributed by atoms with E-state index in [1.807, 2.05) is 17.8 Å². The van der Waals surface area contributed by atoms with Crippen molar-refractivity contribution in [3.63, 3.8) is 0 Å². The van der Waals surface area contributed by atoms with E-state index in [-0.39, 0.29) is 0 Å². The van der Waals surface area contributed by atoms with Gasteiger partial charge in [-0.1, -0.05) is 18.2 Å². The van der Waals surface area contributed by atoms with E-state index >= 15 is 0 Å². The number of anilines is 1. The van der Waals surface area contributed by atoms with Crippen LogP contribution in [0, 0.1) is 6.92 Å². The molecule has 2 rings (SSSR count). The maximum absolute atomic E-state index is 4.38. The van der Waals surface area contributed by atoms with Crippen molar-refractivity contribution >= 4 is 5.69 Å². The molecule has 3 heteroatoms. The standard InChI is InChI=1S/C14H19N3/c1-4-17(14-8-6-5-7-9-14)11-13-10-16(3)15-12(13)2/h5-10H,4,11H2,1-3H3. The molecule has 0 aliphatic rings. The Balaban J connectivity index is 2.18. The molecule has 0 amide bonds. The highest BCUT2D eigenvalue weighted by molar-refractivity contribution is 5.46. The molecular formula is C14H19N3. The number of hydrogen-bond donors (Lipinski definition) is 0. The van der Waals surface area contributed by atoms with E-state index < -0.39 is 0 Å². The average molecular weight is 229 g/mol. The average Bonchev–Trinajstić information content (AvgIpc) is 2.66. The minimum Gasteiger partial charge on any atom is -0.367 e. The molecule has 0 bridgehead atoms. The Labute approximate surface area is 103 Å². The van der Waals surface area contributed by atoms with Gasteiger partial charge in [-0.3, -0.25) is 4.68 Å². The zero-order chi connectivity index (χ0) is 12.3. The summed E-state index contributed by atoms with van der Waals surface area (Å²) in [7, 11) is 1.97. The topological polar surface area (TPSA) is 21.1 Å². The Bertz CT molecular complexity index is 473. The number of benzene rings is 1. The minimum atomic E-state index is 0.917. The van der Waals surface area contributed by atoms with Crippen molar-refractivity contribution in [2.45, 2.75) is 20.4 Å². The predicted molar refractivity (Wildman–Crippen MR) is 71.1 cm³/mol. The van der Waals surface area contributed by atoms with Gasteiger partial charge in [0, 0.05) is 37.6 Å². The second kappa shape index (κ2) is 5.04. The molecule has 0 fully saturated rings. The van der Waals surface area contributed by atoms with Crippen LogP contribution in [0.4, 0.5) is 5.69 Å². The van der Waals surface area contributed by atoms with Gasteiger partial charge in [0.2, 0.25) is 0 Å². The van der Waals surface area contributed by atoms with E-state index in [0.717, 1.165) is 18.8 Å². The van der Waals surface area contributed by atoms with Crippen molar-refractivity contribution in [3.05, 3.63) is 47.8 Å². The zero-order valence-corrected chi connectivity index (χ0v) is 10.7. The third-order valence-corrected chi connectivity index (χ3v) is 2.98. The van der Waals surface area contributed by atoms with E-state index in [1.54, 1.807) is 0 Å². The molecule has 0 aliphatic heterocycles. The van der Waals surface area contributed by atoms with Crippen molar-refractivity contribution in [2.24, 2.45) is 7.05 Å². The number of para-hydroxylation sites is 1. The lowest BCUT2D eigenvalue weighted by atomic mass is 10.2.